The SMILES string of the molecule is CC1(C)c2cc(-c3ccccc3)ccc2-c2ccc(-c3nc4ccccc4nc3-c3ccccc3)cc2C1(C)C. The third-order valence-electron chi connectivity index (χ3n) is 9.24. The number of hydrogen-bond donors (Lipinski definition) is 0. The molecule has 0 spiro atoms. The monoisotopic (exact) mass is 516 g/mol. The Hall–Kier alpha value is -4.56. The van der Waals surface area contributed by atoms with Gasteiger partial charge in [0.25, 0.3) is 0 Å². The van der Waals surface area contributed by atoms with Gasteiger partial charge in [-0.15, -0.1) is 0 Å². The molecule has 0 unspecified atom stereocenters. The second-order valence-corrected chi connectivity index (χ2v) is 11.9. The van der Waals surface area contributed by atoms with E-state index in [1.165, 1.54) is 33.4 Å². The largest absolute Gasteiger partial charge is 0.244 e. The van der Waals surface area contributed by atoms with Crippen molar-refractivity contribution in [2.75, 3.05) is 0 Å². The van der Waals surface area contributed by atoms with Crippen LogP contribution in [0.3, 0.4) is 0 Å². The Morgan fingerprint density at radius 1 is 0.400 bits per heavy atom. The molecule has 0 N–H and O–H groups in total. The Bertz CT molecular complexity index is 1880. The Labute approximate surface area is 236 Å². The van der Waals surface area contributed by atoms with Crippen LogP contribution < -0.4 is 0 Å². The molecule has 6 aromatic rings. The van der Waals surface area contributed by atoms with Gasteiger partial charge in [0.2, 0.25) is 0 Å². The van der Waals surface area contributed by atoms with Gasteiger partial charge in [0.1, 0.15) is 0 Å². The summed E-state index contributed by atoms with van der Waals surface area (Å²) < 4.78 is 0. The van der Waals surface area contributed by atoms with Crippen molar-refractivity contribution in [1.29, 1.82) is 0 Å². The summed E-state index contributed by atoms with van der Waals surface area (Å²) in [6.07, 6.45) is 0. The van der Waals surface area contributed by atoms with Gasteiger partial charge in [0, 0.05) is 11.1 Å². The summed E-state index contributed by atoms with van der Waals surface area (Å²) in [6.45, 7) is 9.55. The maximum absolute atomic E-state index is 5.18. The lowest BCUT2D eigenvalue weighted by Gasteiger charge is -2.48. The number of aromatic nitrogens is 2. The normalized spacial score (nSPS) is 14.9. The average molecular weight is 517 g/mol. The minimum atomic E-state index is -0.113. The van der Waals surface area contributed by atoms with Crippen LogP contribution in [0.25, 0.3) is 55.8 Å². The van der Waals surface area contributed by atoms with Crippen molar-refractivity contribution in [3.8, 4) is 44.8 Å². The van der Waals surface area contributed by atoms with E-state index >= 15 is 0 Å². The third kappa shape index (κ3) is 3.71. The first-order valence-electron chi connectivity index (χ1n) is 14.0. The van der Waals surface area contributed by atoms with Crippen LogP contribution >= 0.6 is 0 Å². The lowest BCUT2D eigenvalue weighted by Crippen LogP contribution is -2.43. The average Bonchev–Trinajstić information content (AvgIpc) is 3.00. The van der Waals surface area contributed by atoms with Crippen LogP contribution in [0.15, 0.2) is 121 Å². The quantitative estimate of drug-likeness (QED) is 0.234. The predicted octanol–water partition coefficient (Wildman–Crippen LogP) is 9.87. The second kappa shape index (κ2) is 8.99. The standard InChI is InChI=1S/C38H32N2/c1-37(2)31-23-27(25-13-7-5-8-14-25)19-21-29(31)30-22-20-28(24-32(30)38(37,3)4)36-35(26-15-9-6-10-16-26)39-33-17-11-12-18-34(33)40-36/h5-24H,1-4H3. The van der Waals surface area contributed by atoms with Crippen molar-refractivity contribution in [2.45, 2.75) is 38.5 Å². The Balaban J connectivity index is 1.44. The second-order valence-electron chi connectivity index (χ2n) is 11.9. The smallest absolute Gasteiger partial charge is 0.0973 e. The molecule has 1 aromatic heterocycles. The molecule has 0 fully saturated rings. The first-order valence-corrected chi connectivity index (χ1v) is 14.0. The molecule has 0 bridgehead atoms. The summed E-state index contributed by atoms with van der Waals surface area (Å²) in [4.78, 5) is 10.3. The fraction of sp³-hybridized carbons (Fsp3) is 0.158. The molecule has 2 heteroatoms. The van der Waals surface area contributed by atoms with Gasteiger partial charge in [-0.25, -0.2) is 9.97 Å². The molecule has 2 nitrogen and oxygen atoms in total. The zero-order chi connectivity index (χ0) is 27.5. The minimum absolute atomic E-state index is 0.0872. The first-order chi connectivity index (χ1) is 19.3. The van der Waals surface area contributed by atoms with E-state index in [1.54, 1.807) is 0 Å². The molecule has 1 aliphatic carbocycles. The number of benzene rings is 5. The molecular weight excluding hydrogens is 484 g/mol. The van der Waals surface area contributed by atoms with Crippen LogP contribution in [-0.4, -0.2) is 9.97 Å². The number of fused-ring (bicyclic) bond motifs is 4. The Morgan fingerprint density at radius 2 is 0.825 bits per heavy atom. The van der Waals surface area contributed by atoms with Gasteiger partial charge in [-0.2, -0.15) is 0 Å². The van der Waals surface area contributed by atoms with Crippen LogP contribution in [0.4, 0.5) is 0 Å². The summed E-state index contributed by atoms with van der Waals surface area (Å²) in [7, 11) is 0. The zero-order valence-corrected chi connectivity index (χ0v) is 23.4. The fourth-order valence-electron chi connectivity index (χ4n) is 6.22. The molecule has 194 valence electrons. The highest BCUT2D eigenvalue weighted by Gasteiger charge is 2.46. The van der Waals surface area contributed by atoms with Crippen LogP contribution in [0.1, 0.15) is 38.8 Å². The maximum Gasteiger partial charge on any atom is 0.0973 e. The maximum atomic E-state index is 5.18. The van der Waals surface area contributed by atoms with E-state index in [0.717, 1.165) is 33.5 Å². The molecule has 0 aliphatic heterocycles. The Kier molecular flexibility index (Phi) is 5.50. The molecule has 1 heterocycles. The number of para-hydroxylation sites is 2. The van der Waals surface area contributed by atoms with E-state index in [2.05, 4.69) is 119 Å². The molecular formula is C38H32N2. The Morgan fingerprint density at radius 3 is 1.38 bits per heavy atom. The molecule has 0 atom stereocenters. The molecule has 0 amide bonds. The highest BCUT2D eigenvalue weighted by molar-refractivity contribution is 5.88. The topological polar surface area (TPSA) is 25.8 Å². The van der Waals surface area contributed by atoms with E-state index in [9.17, 15) is 0 Å². The summed E-state index contributed by atoms with van der Waals surface area (Å²) in [5.41, 5.74) is 13.5. The minimum Gasteiger partial charge on any atom is -0.244 e. The fourth-order valence-corrected chi connectivity index (χ4v) is 6.22. The van der Waals surface area contributed by atoms with Crippen LogP contribution in [-0.2, 0) is 10.8 Å². The van der Waals surface area contributed by atoms with Crippen molar-refractivity contribution in [2.24, 2.45) is 0 Å². The number of hydrogen-bond acceptors (Lipinski definition) is 2. The van der Waals surface area contributed by atoms with Gasteiger partial charge < -0.3 is 0 Å². The lowest BCUT2D eigenvalue weighted by atomic mass is 9.55. The van der Waals surface area contributed by atoms with Crippen molar-refractivity contribution < 1.29 is 0 Å². The van der Waals surface area contributed by atoms with Gasteiger partial charge >= 0.3 is 0 Å². The third-order valence-corrected chi connectivity index (χ3v) is 9.24. The predicted molar refractivity (Wildman–Crippen MR) is 167 cm³/mol. The van der Waals surface area contributed by atoms with Crippen LogP contribution in [0.2, 0.25) is 0 Å². The van der Waals surface area contributed by atoms with Gasteiger partial charge in [-0.1, -0.05) is 125 Å². The van der Waals surface area contributed by atoms with Crippen molar-refractivity contribution >= 4 is 11.0 Å². The lowest BCUT2D eigenvalue weighted by molar-refractivity contribution is 0.299. The van der Waals surface area contributed by atoms with Crippen molar-refractivity contribution in [1.82, 2.24) is 9.97 Å². The van der Waals surface area contributed by atoms with Crippen LogP contribution in [0, 0.1) is 0 Å². The van der Waals surface area contributed by atoms with E-state index in [0.29, 0.717) is 0 Å². The highest BCUT2D eigenvalue weighted by atomic mass is 14.8. The summed E-state index contributed by atoms with van der Waals surface area (Å²) >= 11 is 0. The summed E-state index contributed by atoms with van der Waals surface area (Å²) in [6, 6.07) is 43.1. The molecule has 7 rings (SSSR count). The van der Waals surface area contributed by atoms with Gasteiger partial charge in [0.05, 0.1) is 22.4 Å². The first kappa shape index (κ1) is 24.5. The van der Waals surface area contributed by atoms with Gasteiger partial charge in [-0.3, -0.25) is 0 Å². The highest BCUT2D eigenvalue weighted by Crippen LogP contribution is 2.55. The number of nitrogens with zero attached hydrogens (tertiary/aromatic N) is 2. The summed E-state index contributed by atoms with van der Waals surface area (Å²) in [5, 5.41) is 0. The molecule has 0 radical (unpaired) electrons. The molecule has 5 aromatic carbocycles. The summed E-state index contributed by atoms with van der Waals surface area (Å²) in [5.74, 6) is 0. The van der Waals surface area contributed by atoms with Crippen molar-refractivity contribution in [3.05, 3.63) is 132 Å². The van der Waals surface area contributed by atoms with E-state index in [-0.39, 0.29) is 10.8 Å². The molecule has 40 heavy (non-hydrogen) atoms. The van der Waals surface area contributed by atoms with Crippen molar-refractivity contribution in [3.63, 3.8) is 0 Å². The number of rotatable bonds is 3. The van der Waals surface area contributed by atoms with E-state index in [1.807, 2.05) is 30.3 Å². The van der Waals surface area contributed by atoms with E-state index in [4.69, 9.17) is 9.97 Å². The van der Waals surface area contributed by atoms with E-state index < -0.39 is 0 Å². The van der Waals surface area contributed by atoms with Crippen LogP contribution in [0.5, 0.6) is 0 Å². The van der Waals surface area contributed by atoms with Gasteiger partial charge in [0.15, 0.2) is 0 Å². The molecule has 0 saturated heterocycles. The van der Waals surface area contributed by atoms with Gasteiger partial charge in [-0.05, 0) is 68.5 Å². The molecule has 0 saturated carbocycles. The zero-order valence-electron chi connectivity index (χ0n) is 23.4. The molecule has 1 aliphatic rings.